The summed E-state index contributed by atoms with van der Waals surface area (Å²) in [4.78, 5) is 129. The van der Waals surface area contributed by atoms with Gasteiger partial charge in [-0.25, -0.2) is 0 Å². The maximum Gasteiger partial charge on any atom is 0.269 e. The van der Waals surface area contributed by atoms with Crippen LogP contribution < -0.4 is 0 Å². The molecule has 0 aliphatic carbocycles. The number of hydrogen-bond acceptors (Lipinski definition) is 28. The normalized spacial score (nSPS) is 12.3. The highest BCUT2D eigenvalue weighted by molar-refractivity contribution is 5.67. The van der Waals surface area contributed by atoms with E-state index in [9.17, 15) is 121 Å². The molecule has 14 rings (SSSR count). The van der Waals surface area contributed by atoms with Crippen molar-refractivity contribution in [3.63, 3.8) is 0 Å². The number of rotatable bonds is 24. The molecule has 0 amide bonds. The van der Waals surface area contributed by atoms with Crippen LogP contribution in [0.4, 0.5) is 68.2 Å². The summed E-state index contributed by atoms with van der Waals surface area (Å²) in [5.41, 5.74) is -0.0201. The van der Waals surface area contributed by atoms with E-state index in [2.05, 4.69) is 0 Å². The Hall–Kier alpha value is -16.7. The van der Waals surface area contributed by atoms with Gasteiger partial charge >= 0.3 is 0 Å². The average Bonchev–Trinajstić information content (AvgIpc) is 0.741. The van der Waals surface area contributed by atoms with Crippen molar-refractivity contribution in [1.82, 2.24) is 0 Å². The zero-order valence-corrected chi connectivity index (χ0v) is 63.7. The molecule has 0 atom stereocenters. The predicted octanol–water partition coefficient (Wildman–Crippen LogP) is 17.2. The molecule has 40 nitrogen and oxygen atoms in total. The lowest BCUT2D eigenvalue weighted by atomic mass is 9.65. The molecular formula is C83H64N12O28. The fourth-order valence-corrected chi connectivity index (χ4v) is 13.9. The first-order valence-electron chi connectivity index (χ1n) is 36.2. The highest BCUT2D eigenvalue weighted by atomic mass is 16.7. The topological polar surface area (TPSA) is 555 Å². The largest absolute Gasteiger partial charge is 0.377 e. The van der Waals surface area contributed by atoms with Crippen LogP contribution in [0.1, 0.15) is 66.8 Å². The van der Waals surface area contributed by atoms with E-state index in [4.69, 9.17) is 18.9 Å². The summed E-state index contributed by atoms with van der Waals surface area (Å²) in [6.45, 7) is 6.22. The Balaban J connectivity index is 0.000000180. The summed E-state index contributed by atoms with van der Waals surface area (Å²) < 4.78 is 19.8. The van der Waals surface area contributed by atoms with Crippen LogP contribution in [-0.4, -0.2) is 112 Å². The molecule has 0 unspecified atom stereocenters. The van der Waals surface area contributed by atoms with Crippen molar-refractivity contribution in [3.8, 4) is 0 Å². The third kappa shape index (κ3) is 20.3. The molecule has 0 aromatic heterocycles. The van der Waals surface area contributed by atoms with E-state index in [0.717, 1.165) is 52.9 Å². The van der Waals surface area contributed by atoms with Crippen LogP contribution in [0.25, 0.3) is 0 Å². The summed E-state index contributed by atoms with van der Waals surface area (Å²) in [6.07, 6.45) is 0. The molecule has 0 spiro atoms. The second-order valence-electron chi connectivity index (χ2n) is 26.3. The number of non-ortho nitro benzene ring substituents is 12. The Morgan fingerprint density at radius 2 is 0.203 bits per heavy atom. The van der Waals surface area contributed by atoms with Gasteiger partial charge in [0.1, 0.15) is 0 Å². The van der Waals surface area contributed by atoms with Gasteiger partial charge in [0.25, 0.3) is 68.2 Å². The van der Waals surface area contributed by atoms with E-state index >= 15 is 0 Å². The molecule has 40 heteroatoms. The Kier molecular flexibility index (Phi) is 28.8. The molecule has 0 saturated carbocycles. The molecule has 0 N–H and O–H groups in total. The zero-order valence-electron chi connectivity index (χ0n) is 63.7. The van der Waals surface area contributed by atoms with Crippen molar-refractivity contribution >= 4 is 68.2 Å². The van der Waals surface area contributed by atoms with Gasteiger partial charge in [-0.2, -0.15) is 0 Å². The van der Waals surface area contributed by atoms with Gasteiger partial charge in [0, 0.05) is 146 Å². The third-order valence-electron chi connectivity index (χ3n) is 19.6. The van der Waals surface area contributed by atoms with E-state index in [1.807, 2.05) is 0 Å². The number of nitrogens with zero attached hydrogens (tertiary/aromatic N) is 12. The number of ether oxygens (including phenoxy) is 4. The van der Waals surface area contributed by atoms with Crippen LogP contribution in [-0.2, 0) is 35.2 Å². The van der Waals surface area contributed by atoms with E-state index in [0.29, 0.717) is 66.8 Å². The van der Waals surface area contributed by atoms with Crippen molar-refractivity contribution in [1.29, 1.82) is 0 Å². The van der Waals surface area contributed by atoms with Crippen molar-refractivity contribution < 1.29 is 78.0 Å². The van der Waals surface area contributed by atoms with Crippen LogP contribution in [0.15, 0.2) is 291 Å². The lowest BCUT2D eigenvalue weighted by Gasteiger charge is -2.36. The summed E-state index contributed by atoms with van der Waals surface area (Å²) in [6, 6.07) is 67.5. The molecule has 624 valence electrons. The molecule has 12 aromatic rings. The van der Waals surface area contributed by atoms with Gasteiger partial charge in [-0.05, 0) is 66.8 Å². The molecule has 2 aliphatic rings. The minimum absolute atomic E-state index is 0.172. The van der Waals surface area contributed by atoms with Gasteiger partial charge < -0.3 is 18.9 Å². The highest BCUT2D eigenvalue weighted by Crippen LogP contribution is 2.51. The average molecular weight is 1680 g/mol. The smallest absolute Gasteiger partial charge is 0.269 e. The quantitative estimate of drug-likeness (QED) is 0.0308. The van der Waals surface area contributed by atoms with Gasteiger partial charge in [0.2, 0.25) is 0 Å². The van der Waals surface area contributed by atoms with E-state index in [-0.39, 0.29) is 68.2 Å². The minimum Gasteiger partial charge on any atom is -0.377 e. The maximum absolute atomic E-state index is 11.3. The predicted molar refractivity (Wildman–Crippen MR) is 437 cm³/mol. The number of nitro benzene ring substituents is 12. The first-order valence-corrected chi connectivity index (χ1v) is 36.2. The molecule has 0 bridgehead atoms. The van der Waals surface area contributed by atoms with Gasteiger partial charge in [-0.1, -0.05) is 146 Å². The monoisotopic (exact) mass is 1680 g/mol. The number of nitro groups is 12. The summed E-state index contributed by atoms with van der Waals surface area (Å²) in [7, 11) is 0. The summed E-state index contributed by atoms with van der Waals surface area (Å²) in [5, 5.41) is 135. The lowest BCUT2D eigenvalue weighted by molar-refractivity contribution is -0.385. The fraction of sp³-hybridized carbons (Fsp3) is 0.133. The molecule has 2 heterocycles. The fourth-order valence-electron chi connectivity index (χ4n) is 13.9. The Labute approximate surface area is 691 Å². The van der Waals surface area contributed by atoms with Crippen molar-refractivity contribution in [2.75, 3.05) is 52.9 Å². The molecule has 123 heavy (non-hydrogen) atoms. The standard InChI is InChI=1S/3C25H16N4O8.2C4H8O2/c3*30-26(31)21-9-1-17(2-10-21)25(18-3-11-22(12-4-18)27(32)33,19-5-13-23(14-6-19)28(34)35)20-7-15-24(16-8-20)29(36)37;2*1-2-6-4-3-5-1/h3*1-16H;2*1-4H2. The number of benzene rings is 12. The SMILES string of the molecule is C1COCCO1.C1COCCO1.O=[N+]([O-])c1ccc(C(c2ccc([N+](=O)[O-])cc2)(c2ccc([N+](=O)[O-])cc2)c2ccc([N+](=O)[O-])cc2)cc1.O=[N+]([O-])c1ccc(C(c2ccc([N+](=O)[O-])cc2)(c2ccc([N+](=O)[O-])cc2)c2ccc([N+](=O)[O-])cc2)cc1.O=[N+]([O-])c1ccc(C(c2ccc([N+](=O)[O-])cc2)(c2ccc([N+](=O)[O-])cc2)c2ccc([N+](=O)[O-])cc2)cc1. The van der Waals surface area contributed by atoms with Crippen molar-refractivity contribution in [2.45, 2.75) is 16.2 Å². The van der Waals surface area contributed by atoms with Gasteiger partial charge in [0.15, 0.2) is 0 Å². The zero-order chi connectivity index (χ0) is 88.7. The Morgan fingerprint density at radius 3 is 0.252 bits per heavy atom. The Morgan fingerprint density at radius 1 is 0.138 bits per heavy atom. The van der Waals surface area contributed by atoms with Gasteiger partial charge in [0.05, 0.1) is 128 Å². The molecule has 12 aromatic carbocycles. The highest BCUT2D eigenvalue weighted by Gasteiger charge is 2.43. The Bertz CT molecular complexity index is 4560. The molecule has 2 aliphatic heterocycles. The van der Waals surface area contributed by atoms with Gasteiger partial charge in [-0.3, -0.25) is 121 Å². The molecule has 2 saturated heterocycles. The minimum atomic E-state index is -1.30. The van der Waals surface area contributed by atoms with E-state index in [1.54, 1.807) is 0 Å². The van der Waals surface area contributed by atoms with Gasteiger partial charge in [-0.15, -0.1) is 0 Å². The van der Waals surface area contributed by atoms with Crippen LogP contribution >= 0.6 is 0 Å². The van der Waals surface area contributed by atoms with Crippen molar-refractivity contribution in [2.24, 2.45) is 0 Å². The van der Waals surface area contributed by atoms with Crippen molar-refractivity contribution in [3.05, 3.63) is 479 Å². The number of hydrogen-bond donors (Lipinski definition) is 0. The second kappa shape index (κ2) is 40.0. The molecular weight excluding hydrogens is 1610 g/mol. The second-order valence-corrected chi connectivity index (χ2v) is 26.3. The molecule has 0 radical (unpaired) electrons. The first-order chi connectivity index (χ1) is 58.9. The summed E-state index contributed by atoms with van der Waals surface area (Å²) >= 11 is 0. The van der Waals surface area contributed by atoms with Crippen LogP contribution in [0.5, 0.6) is 0 Å². The maximum atomic E-state index is 11.3. The lowest BCUT2D eigenvalue weighted by Crippen LogP contribution is -2.31. The van der Waals surface area contributed by atoms with Crippen LogP contribution in [0.3, 0.4) is 0 Å². The van der Waals surface area contributed by atoms with E-state index < -0.39 is 75.3 Å². The molecule has 2 fully saturated rings. The first kappa shape index (κ1) is 88.6. The third-order valence-corrected chi connectivity index (χ3v) is 19.6. The summed E-state index contributed by atoms with van der Waals surface area (Å²) in [5.74, 6) is 0. The van der Waals surface area contributed by atoms with Crippen LogP contribution in [0.2, 0.25) is 0 Å². The van der Waals surface area contributed by atoms with E-state index in [1.165, 1.54) is 291 Å². The van der Waals surface area contributed by atoms with Crippen LogP contribution in [0, 0.1) is 121 Å².